The van der Waals surface area contributed by atoms with E-state index in [2.05, 4.69) is 5.32 Å². The number of hydrogen-bond donors (Lipinski definition) is 2. The number of amides is 3. The Morgan fingerprint density at radius 3 is 2.54 bits per heavy atom. The Balaban J connectivity index is 1.63. The summed E-state index contributed by atoms with van der Waals surface area (Å²) in [5.74, 6) is -3.64. The fourth-order valence-electron chi connectivity index (χ4n) is 3.76. The van der Waals surface area contributed by atoms with E-state index in [0.717, 1.165) is 29.9 Å². The molecule has 1 fully saturated rings. The molecule has 0 spiro atoms. The van der Waals surface area contributed by atoms with Gasteiger partial charge >= 0.3 is 5.97 Å². The predicted octanol–water partition coefficient (Wildman–Crippen LogP) is 1.20. The fourth-order valence-corrected chi connectivity index (χ4v) is 3.76. The number of hydrogen-bond acceptors (Lipinski definition) is 6. The maximum Gasteiger partial charge on any atom is 0.306 e. The van der Waals surface area contributed by atoms with Crippen LogP contribution >= 0.6 is 0 Å². The maximum atomic E-state index is 12.4. The summed E-state index contributed by atoms with van der Waals surface area (Å²) in [6.07, 6.45) is 2.98. The molecule has 1 aliphatic heterocycles. The standard InChI is InChI=1S/C18H19N3O7/c22-15(19-8-10-3-1-2-4-12(10)18(25)26)9-20-16(23)13-6-5-11(21(27)28)7-14(13)17(20)24/h5-7,10,12H,1-4,8-9H2,(H,19,22)(H,25,26)/t10-,12-/m0/s1. The molecule has 2 atom stereocenters. The molecule has 3 rings (SSSR count). The summed E-state index contributed by atoms with van der Waals surface area (Å²) in [5.41, 5.74) is -0.407. The molecule has 0 bridgehead atoms. The average Bonchev–Trinajstić information content (AvgIpc) is 2.91. The number of nitro benzene ring substituents is 1. The number of imide groups is 1. The van der Waals surface area contributed by atoms with E-state index in [9.17, 15) is 34.4 Å². The molecular weight excluding hydrogens is 370 g/mol. The topological polar surface area (TPSA) is 147 Å². The van der Waals surface area contributed by atoms with Gasteiger partial charge in [-0.25, -0.2) is 0 Å². The lowest BCUT2D eigenvalue weighted by atomic mass is 9.79. The Kier molecular flexibility index (Phi) is 5.39. The van der Waals surface area contributed by atoms with Crippen LogP contribution in [0.25, 0.3) is 0 Å². The molecule has 0 radical (unpaired) electrons. The molecule has 0 aromatic heterocycles. The summed E-state index contributed by atoms with van der Waals surface area (Å²) in [4.78, 5) is 59.2. The van der Waals surface area contributed by atoms with Crippen molar-refractivity contribution in [2.45, 2.75) is 25.7 Å². The number of fused-ring (bicyclic) bond motifs is 1. The fraction of sp³-hybridized carbons (Fsp3) is 0.444. The number of carboxylic acid groups (broad SMARTS) is 1. The molecule has 1 aromatic rings. The number of nitrogens with zero attached hydrogens (tertiary/aromatic N) is 2. The number of nitro groups is 1. The van der Waals surface area contributed by atoms with Gasteiger partial charge in [0.1, 0.15) is 6.54 Å². The minimum absolute atomic E-state index is 0.0154. The first kappa shape index (κ1) is 19.5. The van der Waals surface area contributed by atoms with Gasteiger partial charge in [-0.15, -0.1) is 0 Å². The summed E-state index contributed by atoms with van der Waals surface area (Å²) in [7, 11) is 0. The highest BCUT2D eigenvalue weighted by molar-refractivity contribution is 6.22. The SMILES string of the molecule is O=C(CN1C(=O)c2ccc([N+](=O)[O-])cc2C1=O)NC[C@@H]1CCCC[C@@H]1C(=O)O. The maximum absolute atomic E-state index is 12.4. The Bertz CT molecular complexity index is 867. The van der Waals surface area contributed by atoms with Crippen molar-refractivity contribution >= 4 is 29.4 Å². The van der Waals surface area contributed by atoms with Crippen molar-refractivity contribution in [1.29, 1.82) is 0 Å². The number of aliphatic carboxylic acids is 1. The predicted molar refractivity (Wildman–Crippen MR) is 94.6 cm³/mol. The van der Waals surface area contributed by atoms with Crippen LogP contribution < -0.4 is 5.32 Å². The number of carbonyl (C=O) groups is 4. The number of carbonyl (C=O) groups excluding carboxylic acids is 3. The number of benzene rings is 1. The minimum Gasteiger partial charge on any atom is -0.481 e. The zero-order valence-electron chi connectivity index (χ0n) is 14.9. The summed E-state index contributed by atoms with van der Waals surface area (Å²) < 4.78 is 0. The highest BCUT2D eigenvalue weighted by atomic mass is 16.6. The van der Waals surface area contributed by atoms with E-state index < -0.39 is 41.1 Å². The van der Waals surface area contributed by atoms with Crippen LogP contribution in [0.5, 0.6) is 0 Å². The van der Waals surface area contributed by atoms with Gasteiger partial charge in [0.2, 0.25) is 5.91 Å². The van der Waals surface area contributed by atoms with E-state index in [1.165, 1.54) is 6.07 Å². The van der Waals surface area contributed by atoms with E-state index in [1.54, 1.807) is 0 Å². The van der Waals surface area contributed by atoms with Gasteiger partial charge in [-0.05, 0) is 24.8 Å². The van der Waals surface area contributed by atoms with Gasteiger partial charge in [0.25, 0.3) is 17.5 Å². The van der Waals surface area contributed by atoms with Gasteiger partial charge in [-0.3, -0.25) is 34.2 Å². The molecule has 1 aromatic carbocycles. The minimum atomic E-state index is -0.888. The second-order valence-electron chi connectivity index (χ2n) is 6.98. The smallest absolute Gasteiger partial charge is 0.306 e. The average molecular weight is 389 g/mol. The Morgan fingerprint density at radius 1 is 1.18 bits per heavy atom. The van der Waals surface area contributed by atoms with E-state index >= 15 is 0 Å². The first-order valence-corrected chi connectivity index (χ1v) is 8.93. The van der Waals surface area contributed by atoms with E-state index in [1.807, 2.05) is 0 Å². The molecule has 10 heteroatoms. The third-order valence-corrected chi connectivity index (χ3v) is 5.25. The molecule has 2 aliphatic rings. The summed E-state index contributed by atoms with van der Waals surface area (Å²) in [6.45, 7) is -0.366. The molecule has 28 heavy (non-hydrogen) atoms. The zero-order chi connectivity index (χ0) is 20.4. The molecular formula is C18H19N3O7. The van der Waals surface area contributed by atoms with Gasteiger partial charge in [-0.1, -0.05) is 12.8 Å². The third-order valence-electron chi connectivity index (χ3n) is 5.25. The highest BCUT2D eigenvalue weighted by Gasteiger charge is 2.38. The number of nitrogens with one attached hydrogen (secondary N) is 1. The normalized spacial score (nSPS) is 21.4. The van der Waals surface area contributed by atoms with E-state index in [-0.39, 0.29) is 29.3 Å². The molecule has 0 unspecified atom stereocenters. The first-order chi connectivity index (χ1) is 13.3. The van der Waals surface area contributed by atoms with Crippen molar-refractivity contribution in [3.8, 4) is 0 Å². The van der Waals surface area contributed by atoms with Crippen molar-refractivity contribution < 1.29 is 29.2 Å². The van der Waals surface area contributed by atoms with Crippen LogP contribution in [0.2, 0.25) is 0 Å². The van der Waals surface area contributed by atoms with E-state index in [4.69, 9.17) is 0 Å². The van der Waals surface area contributed by atoms with Crippen LogP contribution in [-0.4, -0.2) is 51.7 Å². The zero-order valence-corrected chi connectivity index (χ0v) is 14.9. The van der Waals surface area contributed by atoms with Crippen LogP contribution in [0.4, 0.5) is 5.69 Å². The molecule has 0 saturated heterocycles. The third kappa shape index (κ3) is 3.71. The molecule has 10 nitrogen and oxygen atoms in total. The van der Waals surface area contributed by atoms with Crippen LogP contribution in [0.3, 0.4) is 0 Å². The molecule has 1 aliphatic carbocycles. The molecule has 148 valence electrons. The van der Waals surface area contributed by atoms with Crippen molar-refractivity contribution in [1.82, 2.24) is 10.2 Å². The summed E-state index contributed by atoms with van der Waals surface area (Å²) in [5, 5.41) is 22.7. The van der Waals surface area contributed by atoms with Crippen molar-refractivity contribution in [2.24, 2.45) is 11.8 Å². The lowest BCUT2D eigenvalue weighted by Crippen LogP contribution is -2.43. The van der Waals surface area contributed by atoms with Crippen LogP contribution in [-0.2, 0) is 9.59 Å². The van der Waals surface area contributed by atoms with Gasteiger partial charge in [0, 0.05) is 18.7 Å². The number of non-ortho nitro benzene ring substituents is 1. The highest BCUT2D eigenvalue weighted by Crippen LogP contribution is 2.30. The lowest BCUT2D eigenvalue weighted by molar-refractivity contribution is -0.384. The quantitative estimate of drug-likeness (QED) is 0.422. The first-order valence-electron chi connectivity index (χ1n) is 8.93. The second-order valence-corrected chi connectivity index (χ2v) is 6.98. The van der Waals surface area contributed by atoms with Crippen molar-refractivity contribution in [3.05, 3.63) is 39.4 Å². The van der Waals surface area contributed by atoms with Crippen molar-refractivity contribution in [3.63, 3.8) is 0 Å². The van der Waals surface area contributed by atoms with Gasteiger partial charge in [0.15, 0.2) is 0 Å². The molecule has 1 heterocycles. The second kappa shape index (κ2) is 7.75. The van der Waals surface area contributed by atoms with Crippen LogP contribution in [0.1, 0.15) is 46.4 Å². The largest absolute Gasteiger partial charge is 0.481 e. The van der Waals surface area contributed by atoms with Gasteiger partial charge in [-0.2, -0.15) is 0 Å². The van der Waals surface area contributed by atoms with Crippen LogP contribution in [0, 0.1) is 22.0 Å². The Labute approximate surface area is 159 Å². The van der Waals surface area contributed by atoms with Crippen molar-refractivity contribution in [2.75, 3.05) is 13.1 Å². The summed E-state index contributed by atoms with van der Waals surface area (Å²) >= 11 is 0. The van der Waals surface area contributed by atoms with Gasteiger partial charge < -0.3 is 10.4 Å². The molecule has 2 N–H and O–H groups in total. The number of carboxylic acids is 1. The molecule has 1 saturated carbocycles. The summed E-state index contributed by atoms with van der Waals surface area (Å²) in [6, 6.07) is 3.35. The Hall–Kier alpha value is -3.30. The Morgan fingerprint density at radius 2 is 1.86 bits per heavy atom. The lowest BCUT2D eigenvalue weighted by Gasteiger charge is -2.28. The van der Waals surface area contributed by atoms with Crippen LogP contribution in [0.15, 0.2) is 18.2 Å². The monoisotopic (exact) mass is 389 g/mol. The van der Waals surface area contributed by atoms with Gasteiger partial charge in [0.05, 0.1) is 22.0 Å². The van der Waals surface area contributed by atoms with E-state index in [0.29, 0.717) is 12.8 Å². The number of rotatable bonds is 6. The molecule has 3 amide bonds.